The second-order valence-electron chi connectivity index (χ2n) is 5.58. The van der Waals surface area contributed by atoms with E-state index in [-0.39, 0.29) is 5.91 Å². The average molecular weight is 288 g/mol. The minimum atomic E-state index is 0.200. The predicted octanol–water partition coefficient (Wildman–Crippen LogP) is 2.35. The Hall–Kier alpha value is -1.69. The van der Waals surface area contributed by atoms with Crippen molar-refractivity contribution in [2.24, 2.45) is 0 Å². The molecule has 5 nitrogen and oxygen atoms in total. The van der Waals surface area contributed by atoms with Crippen LogP contribution in [0.2, 0.25) is 0 Å². The molecule has 2 aromatic heterocycles. The Morgan fingerprint density at radius 3 is 2.45 bits per heavy atom. The molecule has 4 heterocycles. The quantitative estimate of drug-likeness (QED) is 0.852. The first-order valence-electron chi connectivity index (χ1n) is 7.03. The van der Waals surface area contributed by atoms with E-state index in [1.165, 1.54) is 0 Å². The van der Waals surface area contributed by atoms with Gasteiger partial charge < -0.3 is 4.90 Å². The van der Waals surface area contributed by atoms with Crippen LogP contribution in [0.15, 0.2) is 29.2 Å². The Labute approximate surface area is 121 Å². The molecule has 2 bridgehead atoms. The zero-order valence-electron chi connectivity index (χ0n) is 11.1. The summed E-state index contributed by atoms with van der Waals surface area (Å²) in [5.74, 6) is 0.200. The van der Waals surface area contributed by atoms with Gasteiger partial charge in [-0.05, 0) is 37.1 Å². The number of hydrogen-bond donors (Lipinski definition) is 0. The molecular weight excluding hydrogens is 272 g/mol. The second kappa shape index (κ2) is 4.70. The average Bonchev–Trinajstić information content (AvgIpc) is 3.18. The van der Waals surface area contributed by atoms with Gasteiger partial charge in [0.25, 0.3) is 5.91 Å². The summed E-state index contributed by atoms with van der Waals surface area (Å²) in [5.41, 5.74) is 0.836. The number of fused-ring (bicyclic) bond motifs is 2. The number of piperidine rings is 1. The molecule has 0 aliphatic carbocycles. The van der Waals surface area contributed by atoms with Gasteiger partial charge in [-0.25, -0.2) is 0 Å². The molecule has 0 aromatic carbocycles. The van der Waals surface area contributed by atoms with E-state index in [0.717, 1.165) is 31.2 Å². The van der Waals surface area contributed by atoms with Gasteiger partial charge >= 0.3 is 0 Å². The Balaban J connectivity index is 1.56. The third-order valence-corrected chi connectivity index (χ3v) is 5.16. The smallest absolute Gasteiger partial charge is 0.255 e. The predicted molar refractivity (Wildman–Crippen MR) is 75.6 cm³/mol. The number of carbonyl (C=O) groups excluding carboxylic acids is 1. The van der Waals surface area contributed by atoms with Crippen LogP contribution >= 0.6 is 11.3 Å². The molecule has 1 amide bonds. The summed E-state index contributed by atoms with van der Waals surface area (Å²) in [5, 5.41) is 12.4. The number of carbonyl (C=O) groups is 1. The minimum absolute atomic E-state index is 0.200. The summed E-state index contributed by atoms with van der Waals surface area (Å²) in [4.78, 5) is 16.5. The van der Waals surface area contributed by atoms with E-state index in [0.29, 0.717) is 18.1 Å². The highest BCUT2D eigenvalue weighted by Gasteiger charge is 2.44. The van der Waals surface area contributed by atoms with Gasteiger partial charge in [-0.1, -0.05) is 0 Å². The molecule has 6 heteroatoms. The highest BCUT2D eigenvalue weighted by molar-refractivity contribution is 7.08. The zero-order chi connectivity index (χ0) is 13.5. The van der Waals surface area contributed by atoms with Gasteiger partial charge in [0.15, 0.2) is 0 Å². The lowest BCUT2D eigenvalue weighted by atomic mass is 9.97. The molecule has 4 rings (SSSR count). The third kappa shape index (κ3) is 1.86. The van der Waals surface area contributed by atoms with Crippen LogP contribution in [0.5, 0.6) is 0 Å². The molecule has 0 saturated carbocycles. The molecular formula is C14H16N4OS. The van der Waals surface area contributed by atoms with Crippen molar-refractivity contribution in [3.05, 3.63) is 34.8 Å². The van der Waals surface area contributed by atoms with Crippen molar-refractivity contribution in [1.29, 1.82) is 0 Å². The molecule has 0 radical (unpaired) electrons. The fourth-order valence-corrected chi connectivity index (χ4v) is 4.25. The van der Waals surface area contributed by atoms with Gasteiger partial charge in [-0.2, -0.15) is 26.3 Å². The van der Waals surface area contributed by atoms with E-state index in [1.807, 2.05) is 21.6 Å². The summed E-state index contributed by atoms with van der Waals surface area (Å²) in [6, 6.07) is 2.96. The van der Waals surface area contributed by atoms with Crippen LogP contribution in [0, 0.1) is 0 Å². The maximum Gasteiger partial charge on any atom is 0.255 e. The van der Waals surface area contributed by atoms with Crippen molar-refractivity contribution < 1.29 is 4.79 Å². The lowest BCUT2D eigenvalue weighted by Gasteiger charge is -2.38. The van der Waals surface area contributed by atoms with E-state index in [2.05, 4.69) is 15.1 Å². The van der Waals surface area contributed by atoms with Crippen LogP contribution in [-0.4, -0.2) is 37.9 Å². The Kier molecular flexibility index (Phi) is 2.84. The number of rotatable bonds is 2. The Morgan fingerprint density at radius 2 is 1.85 bits per heavy atom. The first kappa shape index (κ1) is 12.1. The zero-order valence-corrected chi connectivity index (χ0v) is 11.9. The fourth-order valence-electron chi connectivity index (χ4n) is 3.62. The van der Waals surface area contributed by atoms with Gasteiger partial charge in [0, 0.05) is 17.5 Å². The number of amides is 1. The SMILES string of the molecule is O=C(c1ccsc1)N1C2CCC1CC(n1nccn1)C2. The Bertz CT molecular complexity index is 581. The monoisotopic (exact) mass is 288 g/mol. The van der Waals surface area contributed by atoms with Gasteiger partial charge in [0.2, 0.25) is 0 Å². The summed E-state index contributed by atoms with van der Waals surface area (Å²) >= 11 is 1.58. The molecule has 2 aliphatic heterocycles. The lowest BCUT2D eigenvalue weighted by molar-refractivity contribution is 0.0513. The molecule has 2 aromatic rings. The molecule has 2 saturated heterocycles. The molecule has 2 unspecified atom stereocenters. The molecule has 2 atom stereocenters. The van der Waals surface area contributed by atoms with E-state index in [4.69, 9.17) is 0 Å². The van der Waals surface area contributed by atoms with Crippen LogP contribution in [0.3, 0.4) is 0 Å². The van der Waals surface area contributed by atoms with Gasteiger partial charge in [0.1, 0.15) is 0 Å². The van der Waals surface area contributed by atoms with Crippen molar-refractivity contribution >= 4 is 17.2 Å². The first-order valence-corrected chi connectivity index (χ1v) is 7.98. The Morgan fingerprint density at radius 1 is 1.15 bits per heavy atom. The highest BCUT2D eigenvalue weighted by Crippen LogP contribution is 2.41. The maximum absolute atomic E-state index is 12.6. The molecule has 2 aliphatic rings. The van der Waals surface area contributed by atoms with Crippen molar-refractivity contribution in [1.82, 2.24) is 19.9 Å². The maximum atomic E-state index is 12.6. The van der Waals surface area contributed by atoms with Crippen LogP contribution in [0.1, 0.15) is 42.1 Å². The van der Waals surface area contributed by atoms with Crippen molar-refractivity contribution in [2.45, 2.75) is 43.8 Å². The number of nitrogens with zero attached hydrogens (tertiary/aromatic N) is 4. The van der Waals surface area contributed by atoms with Crippen molar-refractivity contribution in [3.63, 3.8) is 0 Å². The highest BCUT2D eigenvalue weighted by atomic mass is 32.1. The minimum Gasteiger partial charge on any atom is -0.332 e. The number of thiophene rings is 1. The van der Waals surface area contributed by atoms with Gasteiger partial charge in [-0.15, -0.1) is 0 Å². The van der Waals surface area contributed by atoms with Crippen LogP contribution in [-0.2, 0) is 0 Å². The van der Waals surface area contributed by atoms with E-state index in [9.17, 15) is 4.79 Å². The van der Waals surface area contributed by atoms with Crippen molar-refractivity contribution in [2.75, 3.05) is 0 Å². The summed E-state index contributed by atoms with van der Waals surface area (Å²) in [7, 11) is 0. The molecule has 0 N–H and O–H groups in total. The number of aromatic nitrogens is 3. The summed E-state index contributed by atoms with van der Waals surface area (Å²) in [6.45, 7) is 0. The number of hydrogen-bond acceptors (Lipinski definition) is 4. The van der Waals surface area contributed by atoms with Gasteiger partial charge in [0.05, 0.1) is 24.0 Å². The standard InChI is InChI=1S/C14H16N4OS/c19-14(10-3-6-20-9-10)17-11-1-2-12(17)8-13(7-11)18-15-4-5-16-18/h3-6,9,11-13H,1-2,7-8H2. The lowest BCUT2D eigenvalue weighted by Crippen LogP contribution is -2.47. The van der Waals surface area contributed by atoms with Crippen LogP contribution in [0.25, 0.3) is 0 Å². The van der Waals surface area contributed by atoms with E-state index >= 15 is 0 Å². The largest absolute Gasteiger partial charge is 0.332 e. The molecule has 20 heavy (non-hydrogen) atoms. The van der Waals surface area contributed by atoms with Crippen molar-refractivity contribution in [3.8, 4) is 0 Å². The second-order valence-corrected chi connectivity index (χ2v) is 6.36. The summed E-state index contributed by atoms with van der Waals surface area (Å²) in [6.07, 6.45) is 7.62. The molecule has 0 spiro atoms. The van der Waals surface area contributed by atoms with Crippen LogP contribution < -0.4 is 0 Å². The molecule has 104 valence electrons. The fraction of sp³-hybridized carbons (Fsp3) is 0.500. The third-order valence-electron chi connectivity index (χ3n) is 4.47. The van der Waals surface area contributed by atoms with Gasteiger partial charge in [-0.3, -0.25) is 4.79 Å². The summed E-state index contributed by atoms with van der Waals surface area (Å²) < 4.78 is 0. The normalized spacial score (nSPS) is 28.8. The van der Waals surface area contributed by atoms with E-state index in [1.54, 1.807) is 23.7 Å². The van der Waals surface area contributed by atoms with Crippen LogP contribution in [0.4, 0.5) is 0 Å². The molecule has 2 fully saturated rings. The first-order chi connectivity index (χ1) is 9.83. The topological polar surface area (TPSA) is 51.0 Å². The van der Waals surface area contributed by atoms with E-state index < -0.39 is 0 Å².